The quantitative estimate of drug-likeness (QED) is 0.0344. The summed E-state index contributed by atoms with van der Waals surface area (Å²) in [5.41, 5.74) is 10.2. The molecule has 6 aromatic rings. The van der Waals surface area contributed by atoms with Crippen LogP contribution in [0.5, 0.6) is 0 Å². The predicted octanol–water partition coefficient (Wildman–Crippen LogP) is 7.14. The first-order chi connectivity index (χ1) is 44.3. The van der Waals surface area contributed by atoms with Crippen LogP contribution in [0.3, 0.4) is 0 Å². The Kier molecular flexibility index (Phi) is 22.7. The molecule has 494 valence electrons. The van der Waals surface area contributed by atoms with Gasteiger partial charge in [0.2, 0.25) is 0 Å². The van der Waals surface area contributed by atoms with Crippen LogP contribution in [0.2, 0.25) is 5.02 Å². The number of hydrogen-bond donors (Lipinski definition) is 5. The minimum Gasteiger partial charge on any atom is -0.398 e. The summed E-state index contributed by atoms with van der Waals surface area (Å²) in [6.45, 7) is 21.0. The van der Waals surface area contributed by atoms with Crippen molar-refractivity contribution in [2.24, 2.45) is 0 Å². The second-order valence-corrected chi connectivity index (χ2v) is 28.4. The number of morpholine rings is 3. The van der Waals surface area contributed by atoms with Gasteiger partial charge in [0.25, 0.3) is 31.2 Å². The van der Waals surface area contributed by atoms with Gasteiger partial charge < -0.3 is 54.8 Å². The largest absolute Gasteiger partial charge is 0.398 e. The number of benzene rings is 4. The number of sulfonamides is 2. The number of fused-ring (bicyclic) bond motifs is 10. The minimum absolute atomic E-state index is 0.0649. The number of H-pyrrole nitrogens is 2. The predicted molar refractivity (Wildman–Crippen MR) is 358 cm³/mol. The number of alkyl halides is 1. The van der Waals surface area contributed by atoms with Crippen LogP contribution in [0.1, 0.15) is 74.8 Å². The van der Waals surface area contributed by atoms with Crippen molar-refractivity contribution in [3.05, 3.63) is 127 Å². The van der Waals surface area contributed by atoms with Crippen LogP contribution >= 0.6 is 27.5 Å². The highest BCUT2D eigenvalue weighted by Gasteiger charge is 2.41. The first kappa shape index (κ1) is 68.6. The molecule has 0 spiro atoms. The van der Waals surface area contributed by atoms with Gasteiger partial charge in [0.1, 0.15) is 0 Å². The summed E-state index contributed by atoms with van der Waals surface area (Å²) in [5, 5.41) is 27.6. The minimum atomic E-state index is -4.03. The summed E-state index contributed by atoms with van der Waals surface area (Å²) >= 11 is 9.47. The molecule has 6 N–H and O–H groups in total. The third-order valence-corrected chi connectivity index (χ3v) is 22.2. The number of nitrogens with two attached hydrogens (primary N) is 1. The smallest absolute Gasteiger partial charge is 0.265 e. The average molecular weight is 1390 g/mol. The maximum atomic E-state index is 13.9. The fraction of sp³-hybridized carbons (Fsp3) is 0.508. The van der Waals surface area contributed by atoms with E-state index in [9.17, 15) is 36.9 Å². The standard InChI is InChI=1S/C26H27N5O4S.C18H13ClN4O3S.C10H19NO2.C6H13BrO2.C5H9NO/c1-16-13-29-26(32)21-3-2-4-24(25(16)21)36(33,34)31-7-5-20-22(9-17(12-27)10-23(20)31)28-6-8-30-14-19-11-18(30)15-35-19;19-13-9-22-18(24)12-2-1-3-16(17(12)13)27(25,26)23-5-4-11-14(21)6-10(8-20)7-15(11)23;1-3-12-8(2)5-11-6-10-4-9(11)7-13-10;1-3-8-6(5-7)9-4-2;1-4-3-7-5(1)2-6-4/h2-4,9-10,13,18-19,28H,5-8,11,14-15H2,1H3,(H,29,32);1-3,6-7,9H,4-5,21H2,(H,22,24);8-10H,3-7H2,1-2H3;6H,3-5H2,1-2H3;4-6H,1-3H2/t18-,19-;;8?,9-,10-;;4-,5-/m0.0.0/s1. The lowest BCUT2D eigenvalue weighted by atomic mass is 10.1. The lowest BCUT2D eigenvalue weighted by Crippen LogP contribution is -2.41. The number of nitrogens with one attached hydrogen (secondary N) is 4. The third-order valence-electron chi connectivity index (χ3n) is 17.7. The summed E-state index contributed by atoms with van der Waals surface area (Å²) in [6, 6.07) is 21.7. The maximum Gasteiger partial charge on any atom is 0.265 e. The Morgan fingerprint density at radius 1 is 0.739 bits per heavy atom. The van der Waals surface area contributed by atoms with Gasteiger partial charge >= 0.3 is 0 Å². The molecule has 0 aliphatic carbocycles. The van der Waals surface area contributed by atoms with Crippen molar-refractivity contribution in [2.45, 2.75) is 125 Å². The summed E-state index contributed by atoms with van der Waals surface area (Å²) in [5.74, 6) is 0. The number of halogens is 2. The molecular formula is C65H81BrClN11O12S2. The number of hydrogen-bond acceptors (Lipinski definition) is 19. The number of likely N-dealkylation sites (tertiary alicyclic amines) is 2. The van der Waals surface area contributed by atoms with Gasteiger partial charge in [-0.3, -0.25) is 28.0 Å². The molecule has 0 radical (unpaired) electrons. The number of nitrogen functional groups attached to an aromatic ring is 1. The van der Waals surface area contributed by atoms with Crippen LogP contribution in [0.25, 0.3) is 21.5 Å². The van der Waals surface area contributed by atoms with Gasteiger partial charge in [-0.15, -0.1) is 0 Å². The summed E-state index contributed by atoms with van der Waals surface area (Å²) in [4.78, 5) is 34.6. The van der Waals surface area contributed by atoms with Crippen molar-refractivity contribution in [2.75, 3.05) is 117 Å². The highest BCUT2D eigenvalue weighted by molar-refractivity contribution is 9.09. The summed E-state index contributed by atoms with van der Waals surface area (Å²) in [6.07, 6.45) is 9.07. The molecule has 2 aromatic heterocycles. The van der Waals surface area contributed by atoms with Crippen molar-refractivity contribution >= 4 is 91.9 Å². The van der Waals surface area contributed by atoms with E-state index in [1.165, 1.54) is 64.2 Å². The van der Waals surface area contributed by atoms with Crippen LogP contribution < -0.4 is 36.1 Å². The van der Waals surface area contributed by atoms with Crippen molar-refractivity contribution in [3.8, 4) is 12.1 Å². The van der Waals surface area contributed by atoms with Gasteiger partial charge in [-0.2, -0.15) is 10.5 Å². The van der Waals surface area contributed by atoms with Gasteiger partial charge in [-0.1, -0.05) is 39.7 Å². The summed E-state index contributed by atoms with van der Waals surface area (Å²) < 4.78 is 89.7. The molecule has 4 aromatic carbocycles. The van der Waals surface area contributed by atoms with Crippen LogP contribution in [-0.4, -0.2) is 183 Å². The zero-order valence-electron chi connectivity index (χ0n) is 52.4. The fourth-order valence-corrected chi connectivity index (χ4v) is 17.6. The fourth-order valence-electron chi connectivity index (χ4n) is 13.4. The van der Waals surface area contributed by atoms with Crippen LogP contribution in [0.15, 0.2) is 92.4 Å². The highest BCUT2D eigenvalue weighted by atomic mass is 79.9. The van der Waals surface area contributed by atoms with Crippen LogP contribution in [-0.2, 0) is 61.3 Å². The molecule has 1 unspecified atom stereocenters. The lowest BCUT2D eigenvalue weighted by molar-refractivity contribution is -0.119. The Bertz CT molecular complexity index is 4050. The molecule has 8 aliphatic rings. The molecule has 6 saturated heterocycles. The highest BCUT2D eigenvalue weighted by Crippen LogP contribution is 2.42. The van der Waals surface area contributed by atoms with E-state index in [0.717, 1.165) is 82.2 Å². The van der Waals surface area contributed by atoms with Gasteiger partial charge in [0.15, 0.2) is 6.29 Å². The number of aromatic amines is 2. The number of pyridine rings is 2. The van der Waals surface area contributed by atoms with E-state index < -0.39 is 25.6 Å². The molecular weight excluding hydrogens is 1310 g/mol. The zero-order chi connectivity index (χ0) is 65.4. The zero-order valence-corrected chi connectivity index (χ0v) is 56.4. The van der Waals surface area contributed by atoms with Crippen LogP contribution in [0.4, 0.5) is 22.7 Å². The number of nitrogens with zero attached hydrogens (tertiary/aromatic N) is 6. The average Bonchev–Trinajstić information content (AvgIpc) is 1.57. The Balaban J connectivity index is 0.000000143. The SMILES string of the molecule is C1O[C@@H]2CN[C@H]1C2.CCOC(C)CN1C[C@@H]2C[C@H]1CO2.CCOC(CBr)OCC.Cc1c[nH]c(=O)c2cccc(S(=O)(=O)N3CCc4c(NCCN5C[C@@H]6C[C@H]5CO6)cc(C#N)cc43)c12.N#Cc1cc(N)c2c(c1)N(S(=O)(=O)c1cccc3c(=O)[nH]cc(Cl)c13)CC2. The molecule has 14 rings (SSSR count). The molecule has 10 heterocycles. The molecule has 7 atom stereocenters. The molecule has 8 aliphatic heterocycles. The van der Waals surface area contributed by atoms with Gasteiger partial charge in [-0.25, -0.2) is 16.8 Å². The molecule has 0 saturated carbocycles. The maximum absolute atomic E-state index is 13.9. The van der Waals surface area contributed by atoms with E-state index in [4.69, 9.17) is 45.8 Å². The van der Waals surface area contributed by atoms with Gasteiger partial charge in [0, 0.05) is 147 Å². The van der Waals surface area contributed by atoms with E-state index >= 15 is 0 Å². The third kappa shape index (κ3) is 15.1. The van der Waals surface area contributed by atoms with Crippen LogP contribution in [0, 0.1) is 29.6 Å². The number of ether oxygens (including phenoxy) is 6. The first-order valence-electron chi connectivity index (χ1n) is 31.4. The van der Waals surface area contributed by atoms with E-state index in [1.807, 2.05) is 19.9 Å². The second-order valence-electron chi connectivity index (χ2n) is 23.7. The number of rotatable bonds is 17. The van der Waals surface area contributed by atoms with Crippen molar-refractivity contribution in [1.29, 1.82) is 10.5 Å². The number of aromatic nitrogens is 2. The monoisotopic (exact) mass is 1390 g/mol. The number of aryl methyl sites for hydroxylation is 1. The Hall–Kier alpha value is -6.21. The topological polar surface area (TPSA) is 300 Å². The van der Waals surface area contributed by atoms with Crippen molar-refractivity contribution in [3.63, 3.8) is 0 Å². The Labute approximate surface area is 550 Å². The Morgan fingerprint density at radius 3 is 1.80 bits per heavy atom. The molecule has 23 nitrogen and oxygen atoms in total. The molecule has 27 heteroatoms. The van der Waals surface area contributed by atoms with E-state index in [0.29, 0.717) is 120 Å². The molecule has 6 fully saturated rings. The van der Waals surface area contributed by atoms with Gasteiger partial charge in [0.05, 0.1) is 99.0 Å². The Morgan fingerprint density at radius 2 is 1.29 bits per heavy atom. The van der Waals surface area contributed by atoms with Crippen molar-refractivity contribution in [1.82, 2.24) is 25.1 Å². The lowest BCUT2D eigenvalue weighted by Gasteiger charge is -2.28. The van der Waals surface area contributed by atoms with E-state index in [1.54, 1.807) is 37.3 Å². The first-order valence-corrected chi connectivity index (χ1v) is 35.7. The number of nitriles is 2. The van der Waals surface area contributed by atoms with E-state index in [-0.39, 0.29) is 56.1 Å². The molecule has 92 heavy (non-hydrogen) atoms. The number of anilines is 4. The summed E-state index contributed by atoms with van der Waals surface area (Å²) in [7, 11) is -8.01. The van der Waals surface area contributed by atoms with Gasteiger partial charge in [-0.05, 0) is 121 Å². The molecule has 6 bridgehead atoms. The normalized spacial score (nSPS) is 22.0. The van der Waals surface area contributed by atoms with Crippen molar-refractivity contribution < 1.29 is 45.3 Å². The second kappa shape index (κ2) is 30.5. The molecule has 0 amide bonds. The van der Waals surface area contributed by atoms with E-state index in [2.05, 4.69) is 66.2 Å².